The van der Waals surface area contributed by atoms with Gasteiger partial charge in [0.1, 0.15) is 0 Å². The zero-order valence-electron chi connectivity index (χ0n) is 17.1. The number of nitrogens with zero attached hydrogens (tertiary/aromatic N) is 3. The highest BCUT2D eigenvalue weighted by atomic mass is 16.2. The van der Waals surface area contributed by atoms with Crippen LogP contribution in [-0.2, 0) is 11.3 Å². The summed E-state index contributed by atoms with van der Waals surface area (Å²) in [6, 6.07) is 18.9. The molecule has 0 aromatic heterocycles. The lowest BCUT2D eigenvalue weighted by Gasteiger charge is -2.34. The second-order valence-corrected chi connectivity index (χ2v) is 7.22. The lowest BCUT2D eigenvalue weighted by molar-refractivity contribution is -0.131. The molecule has 0 saturated carbocycles. The summed E-state index contributed by atoms with van der Waals surface area (Å²) in [5.74, 6) is 0.173. The second-order valence-electron chi connectivity index (χ2n) is 7.22. The van der Waals surface area contributed by atoms with Gasteiger partial charge in [-0.1, -0.05) is 30.3 Å². The third-order valence-electron chi connectivity index (χ3n) is 5.41. The highest BCUT2D eigenvalue weighted by molar-refractivity contribution is 5.81. The van der Waals surface area contributed by atoms with Crippen LogP contribution in [0.15, 0.2) is 54.6 Å². The minimum absolute atomic E-state index is 0.173. The zero-order chi connectivity index (χ0) is 19.8. The molecule has 1 heterocycles. The monoisotopic (exact) mass is 380 g/mol. The highest BCUT2D eigenvalue weighted by Crippen LogP contribution is 2.17. The summed E-state index contributed by atoms with van der Waals surface area (Å²) in [7, 11) is 0. The quantitative estimate of drug-likeness (QED) is 0.763. The molecule has 1 aliphatic rings. The van der Waals surface area contributed by atoms with Gasteiger partial charge in [-0.2, -0.15) is 0 Å². The molecule has 2 aromatic rings. The largest absolute Gasteiger partial charge is 0.376 e. The van der Waals surface area contributed by atoms with E-state index in [-0.39, 0.29) is 5.91 Å². The number of piperazine rings is 1. The van der Waals surface area contributed by atoms with Crippen LogP contribution in [0.25, 0.3) is 0 Å². The normalized spacial score (nSPS) is 14.7. The van der Waals surface area contributed by atoms with E-state index in [1.165, 1.54) is 11.3 Å². The van der Waals surface area contributed by atoms with Gasteiger partial charge in [0.25, 0.3) is 0 Å². The predicted molar refractivity (Wildman–Crippen MR) is 117 cm³/mol. The number of hydrogen-bond acceptors (Lipinski definition) is 4. The van der Waals surface area contributed by atoms with Crippen LogP contribution in [0.4, 0.5) is 11.4 Å². The first-order chi connectivity index (χ1) is 13.7. The molecule has 1 fully saturated rings. The van der Waals surface area contributed by atoms with Crippen molar-refractivity contribution in [1.82, 2.24) is 9.80 Å². The van der Waals surface area contributed by atoms with E-state index in [0.717, 1.165) is 51.5 Å². The van der Waals surface area contributed by atoms with E-state index < -0.39 is 0 Å². The number of anilines is 2. The minimum atomic E-state index is 0.173. The van der Waals surface area contributed by atoms with Gasteiger partial charge in [0.2, 0.25) is 5.91 Å². The van der Waals surface area contributed by atoms with Gasteiger partial charge in [0.05, 0.1) is 6.54 Å². The Morgan fingerprint density at radius 1 is 0.929 bits per heavy atom. The van der Waals surface area contributed by atoms with Crippen LogP contribution in [0.2, 0.25) is 0 Å². The molecule has 0 bridgehead atoms. The molecule has 150 valence electrons. The van der Waals surface area contributed by atoms with Crippen LogP contribution in [-0.4, -0.2) is 61.5 Å². The van der Waals surface area contributed by atoms with Crippen LogP contribution in [0.5, 0.6) is 0 Å². The third kappa shape index (κ3) is 5.49. The molecule has 28 heavy (non-hydrogen) atoms. The van der Waals surface area contributed by atoms with E-state index >= 15 is 0 Å². The maximum Gasteiger partial charge on any atom is 0.241 e. The van der Waals surface area contributed by atoms with Crippen LogP contribution >= 0.6 is 0 Å². The lowest BCUT2D eigenvalue weighted by atomic mass is 10.2. The number of carbonyl (C=O) groups is 1. The molecule has 2 aromatic carbocycles. The molecule has 3 rings (SSSR count). The van der Waals surface area contributed by atoms with Crippen molar-refractivity contribution in [2.45, 2.75) is 20.4 Å². The van der Waals surface area contributed by atoms with E-state index in [1.54, 1.807) is 0 Å². The van der Waals surface area contributed by atoms with Gasteiger partial charge in [0, 0.05) is 57.2 Å². The van der Waals surface area contributed by atoms with Gasteiger partial charge in [-0.05, 0) is 43.7 Å². The molecule has 1 amide bonds. The van der Waals surface area contributed by atoms with Gasteiger partial charge in [0.15, 0.2) is 0 Å². The first-order valence-electron chi connectivity index (χ1n) is 10.3. The van der Waals surface area contributed by atoms with Gasteiger partial charge >= 0.3 is 0 Å². The number of rotatable bonds is 8. The average Bonchev–Trinajstić information content (AvgIpc) is 2.75. The molecule has 1 aliphatic heterocycles. The Kier molecular flexibility index (Phi) is 7.31. The van der Waals surface area contributed by atoms with Crippen LogP contribution < -0.4 is 10.2 Å². The van der Waals surface area contributed by atoms with Crippen LogP contribution in [0, 0.1) is 0 Å². The van der Waals surface area contributed by atoms with Gasteiger partial charge in [-0.15, -0.1) is 0 Å². The fourth-order valence-corrected chi connectivity index (χ4v) is 3.67. The summed E-state index contributed by atoms with van der Waals surface area (Å²) >= 11 is 0. The first kappa shape index (κ1) is 20.2. The van der Waals surface area contributed by atoms with Crippen molar-refractivity contribution >= 4 is 17.3 Å². The standard InChI is InChI=1S/C23H32N4O/c1-3-26(4-2)22-12-10-21(11-13-22)24-18-23(28)27-16-14-25(15-17-27)19-20-8-6-5-7-9-20/h5-13,24H,3-4,14-19H2,1-2H3. The maximum absolute atomic E-state index is 12.5. The van der Waals surface area contributed by atoms with Crippen LogP contribution in [0.3, 0.4) is 0 Å². The van der Waals surface area contributed by atoms with Gasteiger partial charge in [-0.3, -0.25) is 9.69 Å². The van der Waals surface area contributed by atoms with Crippen molar-refractivity contribution in [2.75, 3.05) is 56.0 Å². The summed E-state index contributed by atoms with van der Waals surface area (Å²) in [5, 5.41) is 3.27. The summed E-state index contributed by atoms with van der Waals surface area (Å²) in [4.78, 5) is 19.2. The molecular formula is C23H32N4O. The number of hydrogen-bond donors (Lipinski definition) is 1. The Labute approximate surface area is 168 Å². The van der Waals surface area contributed by atoms with E-state index in [0.29, 0.717) is 6.54 Å². The molecule has 1 N–H and O–H groups in total. The molecule has 5 nitrogen and oxygen atoms in total. The van der Waals surface area contributed by atoms with Gasteiger partial charge < -0.3 is 15.1 Å². The number of amides is 1. The Hall–Kier alpha value is -2.53. The van der Waals surface area contributed by atoms with E-state index in [1.807, 2.05) is 11.0 Å². The Bertz CT molecular complexity index is 720. The summed E-state index contributed by atoms with van der Waals surface area (Å²) in [5.41, 5.74) is 3.54. The molecule has 0 aliphatic carbocycles. The van der Waals surface area contributed by atoms with Crippen molar-refractivity contribution in [1.29, 1.82) is 0 Å². The van der Waals surface area contributed by atoms with Crippen molar-refractivity contribution in [3.63, 3.8) is 0 Å². The fraction of sp³-hybridized carbons (Fsp3) is 0.435. The Morgan fingerprint density at radius 3 is 2.18 bits per heavy atom. The Morgan fingerprint density at radius 2 is 1.57 bits per heavy atom. The summed E-state index contributed by atoms with van der Waals surface area (Å²) < 4.78 is 0. The molecule has 0 unspecified atom stereocenters. The summed E-state index contributed by atoms with van der Waals surface area (Å²) in [6.45, 7) is 11.1. The average molecular weight is 381 g/mol. The fourth-order valence-electron chi connectivity index (χ4n) is 3.67. The van der Waals surface area contributed by atoms with Crippen LogP contribution in [0.1, 0.15) is 19.4 Å². The summed E-state index contributed by atoms with van der Waals surface area (Å²) in [6.07, 6.45) is 0. The number of benzene rings is 2. The predicted octanol–water partition coefficient (Wildman–Crippen LogP) is 3.29. The van der Waals surface area contributed by atoms with Crippen molar-refractivity contribution in [3.05, 3.63) is 60.2 Å². The smallest absolute Gasteiger partial charge is 0.241 e. The lowest BCUT2D eigenvalue weighted by Crippen LogP contribution is -2.49. The third-order valence-corrected chi connectivity index (χ3v) is 5.41. The molecule has 1 saturated heterocycles. The highest BCUT2D eigenvalue weighted by Gasteiger charge is 2.20. The zero-order valence-corrected chi connectivity index (χ0v) is 17.1. The molecule has 0 spiro atoms. The number of carbonyl (C=O) groups excluding carboxylic acids is 1. The van der Waals surface area contributed by atoms with E-state index in [2.05, 4.69) is 77.5 Å². The SMILES string of the molecule is CCN(CC)c1ccc(NCC(=O)N2CCN(Cc3ccccc3)CC2)cc1. The Balaban J connectivity index is 1.42. The maximum atomic E-state index is 12.5. The topological polar surface area (TPSA) is 38.8 Å². The molecule has 0 radical (unpaired) electrons. The van der Waals surface area contributed by atoms with Crippen molar-refractivity contribution < 1.29 is 4.79 Å². The molecular weight excluding hydrogens is 348 g/mol. The first-order valence-corrected chi connectivity index (χ1v) is 10.3. The minimum Gasteiger partial charge on any atom is -0.376 e. The van der Waals surface area contributed by atoms with Gasteiger partial charge in [-0.25, -0.2) is 0 Å². The number of nitrogens with one attached hydrogen (secondary N) is 1. The van der Waals surface area contributed by atoms with Crippen molar-refractivity contribution in [2.24, 2.45) is 0 Å². The van der Waals surface area contributed by atoms with E-state index in [4.69, 9.17) is 0 Å². The van der Waals surface area contributed by atoms with Crippen molar-refractivity contribution in [3.8, 4) is 0 Å². The van der Waals surface area contributed by atoms with E-state index in [9.17, 15) is 4.79 Å². The second kappa shape index (κ2) is 10.1. The molecule has 0 atom stereocenters. The molecule has 5 heteroatoms.